The first-order chi connectivity index (χ1) is 11.9. The van der Waals surface area contributed by atoms with Crippen LogP contribution in [0.4, 0.5) is 0 Å². The summed E-state index contributed by atoms with van der Waals surface area (Å²) in [5, 5.41) is 6.30. The molecular weight excluding hydrogens is 344 g/mol. The minimum Gasteiger partial charge on any atom is -0.497 e. The Kier molecular flexibility index (Phi) is 4.60. The van der Waals surface area contributed by atoms with E-state index in [-0.39, 0.29) is 17.0 Å². The fraction of sp³-hybridized carbons (Fsp3) is 0.250. The average Bonchev–Trinajstić information content (AvgIpc) is 3.08. The van der Waals surface area contributed by atoms with Crippen molar-refractivity contribution in [1.82, 2.24) is 19.3 Å². The van der Waals surface area contributed by atoms with E-state index in [2.05, 4.69) is 14.9 Å². The Bertz CT molecular complexity index is 1050. The van der Waals surface area contributed by atoms with E-state index in [1.54, 1.807) is 31.4 Å². The number of aryl methyl sites for hydroxylation is 1. The van der Waals surface area contributed by atoms with E-state index < -0.39 is 15.6 Å². The summed E-state index contributed by atoms with van der Waals surface area (Å²) in [5.74, 6) is 1.27. The second-order valence-electron chi connectivity index (χ2n) is 5.43. The zero-order valence-electron chi connectivity index (χ0n) is 13.8. The standard InChI is InChI=1S/C16H18N4O4S/c1-3-15-18-19-16(21)14-8-13(10-20(14)15)25(22,23)17-9-11-4-6-12(24-2)7-5-11/h4-8,10,17H,3,9H2,1-2H3,(H,19,21). The number of methoxy groups -OCH3 is 1. The van der Waals surface area contributed by atoms with E-state index in [1.165, 1.54) is 16.7 Å². The van der Waals surface area contributed by atoms with Gasteiger partial charge in [-0.2, -0.15) is 5.10 Å². The van der Waals surface area contributed by atoms with E-state index in [4.69, 9.17) is 4.74 Å². The molecule has 0 atom stereocenters. The maximum Gasteiger partial charge on any atom is 0.288 e. The fourth-order valence-electron chi connectivity index (χ4n) is 2.45. The van der Waals surface area contributed by atoms with Gasteiger partial charge in [0.25, 0.3) is 5.56 Å². The zero-order chi connectivity index (χ0) is 18.0. The van der Waals surface area contributed by atoms with Gasteiger partial charge in [0, 0.05) is 19.2 Å². The van der Waals surface area contributed by atoms with Crippen molar-refractivity contribution in [2.45, 2.75) is 24.8 Å². The number of sulfonamides is 1. The molecule has 25 heavy (non-hydrogen) atoms. The monoisotopic (exact) mass is 362 g/mol. The summed E-state index contributed by atoms with van der Waals surface area (Å²) in [5.41, 5.74) is 0.604. The van der Waals surface area contributed by atoms with Crippen molar-refractivity contribution in [1.29, 1.82) is 0 Å². The van der Waals surface area contributed by atoms with E-state index in [1.807, 2.05) is 6.92 Å². The normalized spacial score (nSPS) is 11.8. The number of hydrogen-bond donors (Lipinski definition) is 2. The summed E-state index contributed by atoms with van der Waals surface area (Å²) in [6, 6.07) is 8.42. The molecule has 0 bridgehead atoms. The molecule has 2 N–H and O–H groups in total. The van der Waals surface area contributed by atoms with Crippen molar-refractivity contribution in [3.8, 4) is 5.75 Å². The summed E-state index contributed by atoms with van der Waals surface area (Å²) in [7, 11) is -2.19. The van der Waals surface area contributed by atoms with Gasteiger partial charge in [-0.25, -0.2) is 18.2 Å². The van der Waals surface area contributed by atoms with Gasteiger partial charge in [0.2, 0.25) is 10.0 Å². The summed E-state index contributed by atoms with van der Waals surface area (Å²) in [6.07, 6.45) is 1.97. The largest absolute Gasteiger partial charge is 0.497 e. The Morgan fingerprint density at radius 1 is 1.28 bits per heavy atom. The molecule has 0 saturated heterocycles. The van der Waals surface area contributed by atoms with Gasteiger partial charge < -0.3 is 4.74 Å². The molecule has 0 unspecified atom stereocenters. The Morgan fingerprint density at radius 3 is 2.64 bits per heavy atom. The van der Waals surface area contributed by atoms with Crippen molar-refractivity contribution in [2.24, 2.45) is 0 Å². The first kappa shape index (κ1) is 17.2. The average molecular weight is 362 g/mol. The number of rotatable bonds is 6. The third kappa shape index (κ3) is 3.42. The SMILES string of the molecule is CCc1n[nH]c(=O)c2cc(S(=O)(=O)NCc3ccc(OC)cc3)cn12. The van der Waals surface area contributed by atoms with Gasteiger partial charge in [0.1, 0.15) is 22.0 Å². The molecule has 0 spiro atoms. The molecule has 3 aromatic rings. The van der Waals surface area contributed by atoms with E-state index in [9.17, 15) is 13.2 Å². The quantitative estimate of drug-likeness (QED) is 0.682. The van der Waals surface area contributed by atoms with E-state index in [0.717, 1.165) is 5.56 Å². The molecule has 0 fully saturated rings. The van der Waals surface area contributed by atoms with Crippen molar-refractivity contribution in [2.75, 3.05) is 7.11 Å². The molecule has 1 aromatic carbocycles. The molecule has 0 amide bonds. The van der Waals surface area contributed by atoms with Gasteiger partial charge in [-0.1, -0.05) is 19.1 Å². The number of aromatic nitrogens is 3. The summed E-state index contributed by atoms with van der Waals surface area (Å²) in [4.78, 5) is 11.9. The molecule has 0 radical (unpaired) electrons. The smallest absolute Gasteiger partial charge is 0.288 e. The van der Waals surface area contributed by atoms with Crippen LogP contribution < -0.4 is 15.0 Å². The van der Waals surface area contributed by atoms with Crippen molar-refractivity contribution in [3.05, 3.63) is 58.3 Å². The van der Waals surface area contributed by atoms with Crippen molar-refractivity contribution >= 4 is 15.5 Å². The number of nitrogens with zero attached hydrogens (tertiary/aromatic N) is 2. The van der Waals surface area contributed by atoms with Crippen LogP contribution in [0.2, 0.25) is 0 Å². The van der Waals surface area contributed by atoms with Gasteiger partial charge in [0.05, 0.1) is 7.11 Å². The predicted molar refractivity (Wildman–Crippen MR) is 92.2 cm³/mol. The Labute approximate surface area is 144 Å². The van der Waals surface area contributed by atoms with E-state index in [0.29, 0.717) is 18.0 Å². The number of hydrogen-bond acceptors (Lipinski definition) is 5. The lowest BCUT2D eigenvalue weighted by molar-refractivity contribution is 0.414. The first-order valence-corrected chi connectivity index (χ1v) is 9.15. The van der Waals surface area contributed by atoms with Crippen LogP contribution in [0.1, 0.15) is 18.3 Å². The highest BCUT2D eigenvalue weighted by atomic mass is 32.2. The van der Waals surface area contributed by atoms with Crippen LogP contribution in [-0.2, 0) is 23.0 Å². The summed E-state index contributed by atoms with van der Waals surface area (Å²) in [6.45, 7) is 2.00. The molecule has 8 nitrogen and oxygen atoms in total. The lowest BCUT2D eigenvalue weighted by atomic mass is 10.2. The van der Waals surface area contributed by atoms with Crippen molar-refractivity contribution < 1.29 is 13.2 Å². The molecule has 0 saturated carbocycles. The van der Waals surface area contributed by atoms with Gasteiger partial charge in [-0.05, 0) is 23.8 Å². The predicted octanol–water partition coefficient (Wildman–Crippen LogP) is 1.07. The van der Waals surface area contributed by atoms with Crippen LogP contribution in [0.3, 0.4) is 0 Å². The summed E-state index contributed by atoms with van der Waals surface area (Å²) >= 11 is 0. The maximum absolute atomic E-state index is 12.5. The molecule has 3 rings (SSSR count). The van der Waals surface area contributed by atoms with Crippen LogP contribution >= 0.6 is 0 Å². The fourth-order valence-corrected chi connectivity index (χ4v) is 3.49. The maximum atomic E-state index is 12.5. The Hall–Kier alpha value is -2.65. The van der Waals surface area contributed by atoms with Gasteiger partial charge in [-0.15, -0.1) is 0 Å². The number of H-pyrrole nitrogens is 1. The lowest BCUT2D eigenvalue weighted by Crippen LogP contribution is -2.22. The van der Waals surface area contributed by atoms with Crippen LogP contribution in [0.5, 0.6) is 5.75 Å². The molecule has 2 aromatic heterocycles. The highest BCUT2D eigenvalue weighted by molar-refractivity contribution is 7.89. The van der Waals surface area contributed by atoms with Gasteiger partial charge >= 0.3 is 0 Å². The number of nitrogens with one attached hydrogen (secondary N) is 2. The van der Waals surface area contributed by atoms with Crippen molar-refractivity contribution in [3.63, 3.8) is 0 Å². The number of aromatic amines is 1. The topological polar surface area (TPSA) is 106 Å². The van der Waals surface area contributed by atoms with Crippen LogP contribution in [0.25, 0.3) is 5.52 Å². The highest BCUT2D eigenvalue weighted by Crippen LogP contribution is 2.15. The van der Waals surface area contributed by atoms with Gasteiger partial charge in [0.15, 0.2) is 0 Å². The number of benzene rings is 1. The molecule has 132 valence electrons. The molecule has 0 aliphatic rings. The van der Waals surface area contributed by atoms with Gasteiger partial charge in [-0.3, -0.25) is 9.20 Å². The zero-order valence-corrected chi connectivity index (χ0v) is 14.6. The number of ether oxygens (including phenoxy) is 1. The molecule has 0 aliphatic heterocycles. The van der Waals surface area contributed by atoms with Crippen LogP contribution in [-0.4, -0.2) is 30.1 Å². The second kappa shape index (κ2) is 6.69. The third-order valence-electron chi connectivity index (χ3n) is 3.84. The van der Waals surface area contributed by atoms with Crippen LogP contribution in [0.15, 0.2) is 46.2 Å². The Morgan fingerprint density at radius 2 is 2.00 bits per heavy atom. The van der Waals surface area contributed by atoms with Crippen LogP contribution in [0, 0.1) is 0 Å². The molecular formula is C16H18N4O4S. The highest BCUT2D eigenvalue weighted by Gasteiger charge is 2.18. The minimum atomic E-state index is -3.76. The number of fused-ring (bicyclic) bond motifs is 1. The third-order valence-corrected chi connectivity index (χ3v) is 5.21. The molecule has 9 heteroatoms. The molecule has 2 heterocycles. The Balaban J connectivity index is 1.87. The second-order valence-corrected chi connectivity index (χ2v) is 7.19. The minimum absolute atomic E-state index is 0.0224. The van der Waals surface area contributed by atoms with E-state index >= 15 is 0 Å². The molecule has 0 aliphatic carbocycles. The lowest BCUT2D eigenvalue weighted by Gasteiger charge is -2.06. The summed E-state index contributed by atoms with van der Waals surface area (Å²) < 4.78 is 34.2. The first-order valence-electron chi connectivity index (χ1n) is 7.67.